The van der Waals surface area contributed by atoms with Crippen LogP contribution in [0.3, 0.4) is 0 Å². The first-order valence-corrected chi connectivity index (χ1v) is 11.6. The van der Waals surface area contributed by atoms with Gasteiger partial charge in [-0.3, -0.25) is 0 Å². The number of ether oxygens (including phenoxy) is 2. The average Bonchev–Trinajstić information content (AvgIpc) is 2.82. The molecule has 1 aliphatic heterocycles. The highest BCUT2D eigenvalue weighted by Gasteiger charge is 2.24. The van der Waals surface area contributed by atoms with Crippen LogP contribution < -0.4 is 0 Å². The number of rotatable bonds is 5. The lowest BCUT2D eigenvalue weighted by Gasteiger charge is -2.35. The molecule has 0 N–H and O–H groups in total. The lowest BCUT2D eigenvalue weighted by molar-refractivity contribution is 0.0968. The number of hydrogen-bond donors (Lipinski definition) is 0. The van der Waals surface area contributed by atoms with Crippen LogP contribution >= 0.6 is 11.6 Å². The first-order valence-electron chi connectivity index (χ1n) is 11.2. The lowest BCUT2D eigenvalue weighted by Crippen LogP contribution is -2.42. The molecule has 0 saturated carbocycles. The molecule has 1 fully saturated rings. The van der Waals surface area contributed by atoms with E-state index in [2.05, 4.69) is 65.5 Å². The lowest BCUT2D eigenvalue weighted by atomic mass is 9.95. The summed E-state index contributed by atoms with van der Waals surface area (Å²) in [4.78, 5) is 25.1. The number of amides is 1. The van der Waals surface area contributed by atoms with Crippen LogP contribution in [0, 0.1) is 5.92 Å². The molecule has 1 saturated heterocycles. The molecule has 1 atom stereocenters. The largest absolute Gasteiger partial charge is 0.457 e. The number of halogens is 1. The second kappa shape index (κ2) is 20.1. The van der Waals surface area contributed by atoms with Crippen molar-refractivity contribution < 1.29 is 19.1 Å². The van der Waals surface area contributed by atoms with Gasteiger partial charge in [0.2, 0.25) is 0 Å². The number of hydrogen-bond acceptors (Lipinski definition) is 5. The van der Waals surface area contributed by atoms with Crippen molar-refractivity contribution >= 4 is 23.1 Å². The number of benzene rings is 1. The number of likely N-dealkylation sites (N-methyl/N-ethyl adjacent to an activating group) is 1. The van der Waals surface area contributed by atoms with Crippen molar-refractivity contribution in [3.05, 3.63) is 35.9 Å². The summed E-state index contributed by atoms with van der Waals surface area (Å²) in [5, 5.41) is 0. The Kier molecular flexibility index (Phi) is 20.4. The molecule has 6 nitrogen and oxygen atoms in total. The predicted octanol–water partition coefficient (Wildman–Crippen LogP) is 6.07. The van der Waals surface area contributed by atoms with Crippen LogP contribution in [-0.4, -0.2) is 68.3 Å². The molecule has 31 heavy (non-hydrogen) atoms. The van der Waals surface area contributed by atoms with Gasteiger partial charge in [0.15, 0.2) is 0 Å². The summed E-state index contributed by atoms with van der Waals surface area (Å²) in [6.07, 6.45) is 3.03. The van der Waals surface area contributed by atoms with Gasteiger partial charge in [0, 0.05) is 37.3 Å². The van der Waals surface area contributed by atoms with E-state index in [1.807, 2.05) is 32.6 Å². The van der Waals surface area contributed by atoms with Gasteiger partial charge in [-0.05, 0) is 44.7 Å². The fourth-order valence-electron chi connectivity index (χ4n) is 3.13. The molecule has 0 aliphatic carbocycles. The fraction of sp³-hybridized carbons (Fsp3) is 0.667. The summed E-state index contributed by atoms with van der Waals surface area (Å²) >= 11 is 4.60. The van der Waals surface area contributed by atoms with Crippen LogP contribution in [0.25, 0.3) is 0 Å². The van der Waals surface area contributed by atoms with E-state index in [1.165, 1.54) is 19.8 Å². The van der Waals surface area contributed by atoms with Gasteiger partial charge in [-0.1, -0.05) is 58.0 Å². The Labute approximate surface area is 194 Å². The highest BCUT2D eigenvalue weighted by molar-refractivity contribution is 6.61. The zero-order valence-corrected chi connectivity index (χ0v) is 21.4. The van der Waals surface area contributed by atoms with Crippen molar-refractivity contribution in [3.8, 4) is 0 Å². The Morgan fingerprint density at radius 3 is 1.97 bits per heavy atom. The summed E-state index contributed by atoms with van der Waals surface area (Å²) < 4.78 is 8.66. The van der Waals surface area contributed by atoms with Crippen molar-refractivity contribution in [1.29, 1.82) is 0 Å². The van der Waals surface area contributed by atoms with Crippen LogP contribution in [0.2, 0.25) is 0 Å². The third kappa shape index (κ3) is 14.8. The maximum atomic E-state index is 11.5. The minimum atomic E-state index is -0.773. The van der Waals surface area contributed by atoms with Gasteiger partial charge in [-0.15, -0.1) is 0 Å². The Morgan fingerprint density at radius 1 is 1.06 bits per heavy atom. The fourth-order valence-corrected chi connectivity index (χ4v) is 3.13. The van der Waals surface area contributed by atoms with E-state index in [1.54, 1.807) is 0 Å². The molecule has 1 aromatic carbocycles. The van der Waals surface area contributed by atoms with E-state index < -0.39 is 5.43 Å². The van der Waals surface area contributed by atoms with E-state index in [4.69, 9.17) is 4.74 Å². The SMILES string of the molecule is CC.CC.COC(=O)Cl.COC(=O)N1CCC(CN(C)C(C)Cc2ccccc2)CC1. The predicted molar refractivity (Wildman–Crippen MR) is 130 cm³/mol. The molecule has 1 unspecified atom stereocenters. The number of piperidine rings is 1. The summed E-state index contributed by atoms with van der Waals surface area (Å²) in [5.74, 6) is 0.670. The van der Waals surface area contributed by atoms with Gasteiger partial charge in [-0.25, -0.2) is 9.59 Å². The summed E-state index contributed by atoms with van der Waals surface area (Å²) in [6, 6.07) is 11.2. The van der Waals surface area contributed by atoms with Crippen molar-refractivity contribution in [1.82, 2.24) is 9.80 Å². The zero-order valence-electron chi connectivity index (χ0n) is 20.7. The van der Waals surface area contributed by atoms with E-state index in [0.29, 0.717) is 12.0 Å². The first kappa shape index (κ1) is 31.4. The Hall–Kier alpha value is -1.79. The van der Waals surface area contributed by atoms with Gasteiger partial charge in [0.1, 0.15) is 0 Å². The molecule has 1 amide bonds. The van der Waals surface area contributed by atoms with Crippen LogP contribution in [0.1, 0.15) is 53.0 Å². The molecular weight excluding hydrogens is 416 g/mol. The van der Waals surface area contributed by atoms with Crippen molar-refractivity contribution in [2.24, 2.45) is 5.92 Å². The Bertz CT molecular complexity index is 564. The number of methoxy groups -OCH3 is 2. The van der Waals surface area contributed by atoms with Gasteiger partial charge in [0.05, 0.1) is 14.2 Å². The van der Waals surface area contributed by atoms with Gasteiger partial charge >= 0.3 is 11.5 Å². The molecule has 0 bridgehead atoms. The summed E-state index contributed by atoms with van der Waals surface area (Å²) in [6.45, 7) is 13.0. The second-order valence-corrected chi connectivity index (χ2v) is 7.13. The van der Waals surface area contributed by atoms with Crippen LogP contribution in [0.15, 0.2) is 30.3 Å². The standard InChI is InChI=1S/C18H28N2O2.C2H3ClO2.2C2H6/c1-15(13-16-7-5-4-6-8-16)19(2)14-17-9-11-20(12-10-17)18(21)22-3;1-5-2(3)4;2*1-2/h4-8,15,17H,9-14H2,1-3H3;1H3;2*1-2H3. The molecule has 2 rings (SSSR count). The molecule has 1 heterocycles. The van der Waals surface area contributed by atoms with Gasteiger partial charge in [-0.2, -0.15) is 0 Å². The molecule has 0 radical (unpaired) electrons. The third-order valence-electron chi connectivity index (χ3n) is 4.88. The van der Waals surface area contributed by atoms with Crippen LogP contribution in [-0.2, 0) is 15.9 Å². The monoisotopic (exact) mass is 458 g/mol. The zero-order chi connectivity index (χ0) is 24.2. The third-order valence-corrected chi connectivity index (χ3v) is 5.03. The minimum absolute atomic E-state index is 0.191. The molecule has 0 spiro atoms. The molecular formula is C24H43ClN2O4. The molecule has 0 aromatic heterocycles. The summed E-state index contributed by atoms with van der Waals surface area (Å²) in [7, 11) is 4.88. The summed E-state index contributed by atoms with van der Waals surface area (Å²) in [5.41, 5.74) is 0.618. The minimum Gasteiger partial charge on any atom is -0.457 e. The van der Waals surface area contributed by atoms with Crippen molar-refractivity contribution in [3.63, 3.8) is 0 Å². The topological polar surface area (TPSA) is 59.1 Å². The van der Waals surface area contributed by atoms with Crippen molar-refractivity contribution in [2.75, 3.05) is 40.9 Å². The number of carbonyl (C=O) groups is 2. The smallest absolute Gasteiger partial charge is 0.409 e. The average molecular weight is 459 g/mol. The highest BCUT2D eigenvalue weighted by atomic mass is 35.5. The van der Waals surface area contributed by atoms with E-state index >= 15 is 0 Å². The number of likely N-dealkylation sites (tertiary alicyclic amines) is 1. The van der Waals surface area contributed by atoms with Crippen LogP contribution in [0.4, 0.5) is 9.59 Å². The Balaban J connectivity index is 0. The molecule has 180 valence electrons. The number of carbonyl (C=O) groups excluding carboxylic acids is 2. The Morgan fingerprint density at radius 2 is 1.55 bits per heavy atom. The highest BCUT2D eigenvalue weighted by Crippen LogP contribution is 2.20. The van der Waals surface area contributed by atoms with Crippen molar-refractivity contribution in [2.45, 2.75) is 59.9 Å². The normalized spacial score (nSPS) is 13.9. The first-order chi connectivity index (χ1) is 14.9. The molecule has 1 aliphatic rings. The maximum Gasteiger partial charge on any atom is 0.409 e. The van der Waals surface area contributed by atoms with Gasteiger partial charge < -0.3 is 19.3 Å². The van der Waals surface area contributed by atoms with E-state index in [0.717, 1.165) is 38.9 Å². The number of nitrogens with zero attached hydrogens (tertiary/aromatic N) is 2. The molecule has 1 aromatic rings. The van der Waals surface area contributed by atoms with Gasteiger partial charge in [0.25, 0.3) is 0 Å². The quantitative estimate of drug-likeness (QED) is 0.501. The van der Waals surface area contributed by atoms with E-state index in [9.17, 15) is 9.59 Å². The van der Waals surface area contributed by atoms with Crippen LogP contribution in [0.5, 0.6) is 0 Å². The maximum absolute atomic E-state index is 11.5. The van der Waals surface area contributed by atoms with E-state index in [-0.39, 0.29) is 6.09 Å². The molecule has 7 heteroatoms. The second-order valence-electron chi connectivity index (χ2n) is 6.82.